The third-order valence-electron chi connectivity index (χ3n) is 11.9. The van der Waals surface area contributed by atoms with E-state index >= 15 is 0 Å². The van der Waals surface area contributed by atoms with Gasteiger partial charge in [-0.1, -0.05) is 115 Å². The Bertz CT molecular complexity index is 2850. The van der Waals surface area contributed by atoms with Crippen molar-refractivity contribution in [1.82, 2.24) is 9.13 Å². The molecule has 3 nitrogen and oxygen atoms in total. The van der Waals surface area contributed by atoms with Gasteiger partial charge in [-0.25, -0.2) is 0 Å². The van der Waals surface area contributed by atoms with Crippen molar-refractivity contribution in [3.05, 3.63) is 191 Å². The van der Waals surface area contributed by atoms with E-state index in [-0.39, 0.29) is 6.04 Å². The molecule has 0 fully saturated rings. The fraction of sp³-hybridized carbons (Fsp3) is 0.148. The van der Waals surface area contributed by atoms with Crippen LogP contribution in [0.3, 0.4) is 0 Å². The lowest BCUT2D eigenvalue weighted by atomic mass is 9.87. The number of fused-ring (bicyclic) bond motifs is 7. The number of allylic oxidation sites excluding steroid dienone is 4. The molecule has 0 N–H and O–H groups in total. The fourth-order valence-corrected chi connectivity index (χ4v) is 9.43. The minimum Gasteiger partial charge on any atom is -0.333 e. The summed E-state index contributed by atoms with van der Waals surface area (Å²) >= 11 is 0. The molecule has 2 aliphatic rings. The average molecular weight is 740 g/mol. The molecule has 1 atom stereocenters. The van der Waals surface area contributed by atoms with Crippen molar-refractivity contribution in [2.75, 3.05) is 4.90 Å². The topological polar surface area (TPSA) is 13.1 Å². The number of hydrogen-bond acceptors (Lipinski definition) is 1. The maximum absolute atomic E-state index is 4.22. The number of nitrogens with zero attached hydrogens (tertiary/aromatic N) is 3. The zero-order valence-corrected chi connectivity index (χ0v) is 33.8. The van der Waals surface area contributed by atoms with Gasteiger partial charge in [0.05, 0.1) is 28.6 Å². The third kappa shape index (κ3) is 5.80. The second-order valence-electron chi connectivity index (χ2n) is 15.5. The largest absolute Gasteiger partial charge is 0.333 e. The van der Waals surface area contributed by atoms with Gasteiger partial charge in [0.2, 0.25) is 0 Å². The lowest BCUT2D eigenvalue weighted by molar-refractivity contribution is 0.761. The summed E-state index contributed by atoms with van der Waals surface area (Å²) < 4.78 is 4.83. The highest BCUT2D eigenvalue weighted by atomic mass is 15.2. The van der Waals surface area contributed by atoms with Gasteiger partial charge < -0.3 is 14.0 Å². The zero-order chi connectivity index (χ0) is 39.4. The smallest absolute Gasteiger partial charge is 0.0641 e. The van der Waals surface area contributed by atoms with Crippen molar-refractivity contribution in [2.45, 2.75) is 54.0 Å². The molecule has 1 aliphatic heterocycles. The summed E-state index contributed by atoms with van der Waals surface area (Å²) in [6, 6.07) is 42.8. The van der Waals surface area contributed by atoms with Crippen molar-refractivity contribution in [3.63, 3.8) is 0 Å². The second-order valence-corrected chi connectivity index (χ2v) is 15.5. The molecule has 1 unspecified atom stereocenters. The van der Waals surface area contributed by atoms with Crippen LogP contribution in [-0.2, 0) is 0 Å². The van der Waals surface area contributed by atoms with E-state index in [9.17, 15) is 0 Å². The van der Waals surface area contributed by atoms with Gasteiger partial charge in [-0.05, 0) is 131 Å². The van der Waals surface area contributed by atoms with Crippen LogP contribution in [0.15, 0.2) is 152 Å². The van der Waals surface area contributed by atoms with E-state index in [0.29, 0.717) is 0 Å². The summed E-state index contributed by atoms with van der Waals surface area (Å²) in [7, 11) is 0. The lowest BCUT2D eigenvalue weighted by Crippen LogP contribution is -2.31. The molecule has 5 aromatic carbocycles. The van der Waals surface area contributed by atoms with Crippen LogP contribution in [0.2, 0.25) is 0 Å². The Morgan fingerprint density at radius 1 is 0.649 bits per heavy atom. The molecular weight excluding hydrogens is 691 g/mol. The van der Waals surface area contributed by atoms with Gasteiger partial charge in [-0.15, -0.1) is 0 Å². The Morgan fingerprint density at radius 3 is 2.05 bits per heavy atom. The van der Waals surface area contributed by atoms with Gasteiger partial charge in [0.1, 0.15) is 0 Å². The molecule has 3 heterocycles. The molecule has 1 aliphatic carbocycles. The highest BCUT2D eigenvalue weighted by molar-refractivity contribution is 6.12. The van der Waals surface area contributed by atoms with E-state index in [2.05, 4.69) is 214 Å². The summed E-state index contributed by atoms with van der Waals surface area (Å²) in [4.78, 5) is 2.60. The molecule has 280 valence electrons. The quantitative estimate of drug-likeness (QED) is 0.159. The van der Waals surface area contributed by atoms with Crippen LogP contribution >= 0.6 is 0 Å². The Morgan fingerprint density at radius 2 is 1.35 bits per heavy atom. The lowest BCUT2D eigenvalue weighted by Gasteiger charge is -2.36. The first-order chi connectivity index (χ1) is 27.8. The van der Waals surface area contributed by atoms with Crippen LogP contribution in [0.25, 0.3) is 68.5 Å². The number of hydrogen-bond donors (Lipinski definition) is 0. The van der Waals surface area contributed by atoms with Crippen molar-refractivity contribution < 1.29 is 0 Å². The monoisotopic (exact) mass is 739 g/mol. The third-order valence-corrected chi connectivity index (χ3v) is 11.9. The normalized spacial score (nSPS) is 15.1. The molecule has 0 saturated heterocycles. The van der Waals surface area contributed by atoms with E-state index in [1.807, 2.05) is 6.08 Å². The van der Waals surface area contributed by atoms with Crippen LogP contribution in [0, 0.1) is 20.8 Å². The number of aryl methyl sites for hydroxylation is 2. The molecule has 3 heteroatoms. The Labute approximate surface area is 337 Å². The molecule has 2 aromatic heterocycles. The van der Waals surface area contributed by atoms with Gasteiger partial charge in [0, 0.05) is 50.4 Å². The summed E-state index contributed by atoms with van der Waals surface area (Å²) in [5.41, 5.74) is 22.3. The summed E-state index contributed by atoms with van der Waals surface area (Å²) in [5, 5.41) is 1.28. The number of benzene rings is 5. The fourth-order valence-electron chi connectivity index (χ4n) is 9.43. The van der Waals surface area contributed by atoms with Crippen molar-refractivity contribution in [3.8, 4) is 33.8 Å². The second kappa shape index (κ2) is 14.5. The van der Waals surface area contributed by atoms with Crippen LogP contribution in [-0.4, -0.2) is 15.2 Å². The first-order valence-electron chi connectivity index (χ1n) is 20.2. The van der Waals surface area contributed by atoms with Crippen LogP contribution < -0.4 is 4.90 Å². The Kier molecular flexibility index (Phi) is 9.17. The molecule has 0 amide bonds. The molecule has 7 aromatic rings. The molecule has 9 rings (SSSR count). The highest BCUT2D eigenvalue weighted by Crippen LogP contribution is 2.54. The first-order valence-corrected chi connectivity index (χ1v) is 20.2. The Balaban J connectivity index is 1.15. The standard InChI is InChI=1S/C54H49N3/c1-8-18-44-38(7)49(19-9-2)55(48(44)10-3)40-27-29-42(36(5)33-40)43-30-28-41(34-37(43)6)56-50-24-16-14-22-45(50)53-47-32-35(4)26-31-52(47)57(39-20-12-11-13-21-39)54(53)46-23-15-17-25-51(46)56/h8-33,41H,3,34H2,1-2,4-7H3/b18-8-,19-9-. The number of aromatic nitrogens is 2. The molecular formula is C54H49N3. The maximum atomic E-state index is 4.22. The molecule has 57 heavy (non-hydrogen) atoms. The zero-order valence-electron chi connectivity index (χ0n) is 33.8. The molecule has 0 saturated carbocycles. The van der Waals surface area contributed by atoms with Crippen LogP contribution in [0.1, 0.15) is 66.4 Å². The Hall–Kier alpha value is -6.58. The predicted octanol–water partition coefficient (Wildman–Crippen LogP) is 14.6. The van der Waals surface area contributed by atoms with Gasteiger partial charge in [0.25, 0.3) is 0 Å². The van der Waals surface area contributed by atoms with Crippen LogP contribution in [0.4, 0.5) is 11.4 Å². The number of rotatable bonds is 7. The minimum absolute atomic E-state index is 0.129. The van der Waals surface area contributed by atoms with E-state index in [0.717, 1.165) is 17.8 Å². The summed E-state index contributed by atoms with van der Waals surface area (Å²) in [6.07, 6.45) is 16.3. The van der Waals surface area contributed by atoms with Crippen molar-refractivity contribution in [1.29, 1.82) is 0 Å². The molecule has 0 bridgehead atoms. The van der Waals surface area contributed by atoms with Gasteiger partial charge >= 0.3 is 0 Å². The summed E-state index contributed by atoms with van der Waals surface area (Å²) in [5.74, 6) is 0. The van der Waals surface area contributed by atoms with E-state index < -0.39 is 0 Å². The van der Waals surface area contributed by atoms with Crippen molar-refractivity contribution >= 4 is 46.1 Å². The van der Waals surface area contributed by atoms with Gasteiger partial charge in [-0.3, -0.25) is 0 Å². The minimum atomic E-state index is 0.129. The predicted molar refractivity (Wildman–Crippen MR) is 246 cm³/mol. The number of para-hydroxylation sites is 3. The molecule has 0 radical (unpaired) electrons. The van der Waals surface area contributed by atoms with E-state index in [4.69, 9.17) is 0 Å². The van der Waals surface area contributed by atoms with E-state index in [1.54, 1.807) is 0 Å². The SMILES string of the molecule is C=Cc1c(/C=C\C)c(C)c(/C=C\C)n1-c1ccc(C2=C(C)CC(N3c4ccccc4-c4c(n(-c5ccccc5)c5ccc(C)cc45)-c4ccccc43)C=C2)c(C)c1. The van der Waals surface area contributed by atoms with Crippen molar-refractivity contribution in [2.24, 2.45) is 0 Å². The highest BCUT2D eigenvalue weighted by Gasteiger charge is 2.34. The van der Waals surface area contributed by atoms with Gasteiger partial charge in [-0.2, -0.15) is 0 Å². The average Bonchev–Trinajstić information content (AvgIpc) is 3.65. The van der Waals surface area contributed by atoms with Gasteiger partial charge in [0.15, 0.2) is 0 Å². The number of anilines is 2. The summed E-state index contributed by atoms with van der Waals surface area (Å²) in [6.45, 7) is 17.3. The van der Waals surface area contributed by atoms with E-state index in [1.165, 1.54) is 95.0 Å². The first kappa shape index (κ1) is 36.1. The van der Waals surface area contributed by atoms with Crippen LogP contribution in [0.5, 0.6) is 0 Å². The maximum Gasteiger partial charge on any atom is 0.0641 e. The molecule has 0 spiro atoms.